The molecule has 3 N–H and O–H groups in total. The number of nitrogens with one attached hydrogen (secondary N) is 1. The predicted octanol–water partition coefficient (Wildman–Crippen LogP) is 5.58. The van der Waals surface area contributed by atoms with E-state index in [1.54, 1.807) is 0 Å². The molecule has 1 amide bonds. The molecule has 2 atom stereocenters. The third-order valence-electron chi connectivity index (χ3n) is 8.07. The van der Waals surface area contributed by atoms with Crippen LogP contribution in [0.15, 0.2) is 60.8 Å². The van der Waals surface area contributed by atoms with Gasteiger partial charge in [-0.3, -0.25) is 4.79 Å². The van der Waals surface area contributed by atoms with Crippen molar-refractivity contribution in [2.45, 2.75) is 45.4 Å². The Bertz CT molecular complexity index is 1590. The van der Waals surface area contributed by atoms with Gasteiger partial charge < -0.3 is 20.5 Å². The van der Waals surface area contributed by atoms with E-state index in [9.17, 15) is 4.79 Å². The zero-order chi connectivity index (χ0) is 26.7. The van der Waals surface area contributed by atoms with Crippen molar-refractivity contribution in [2.75, 3.05) is 12.3 Å². The van der Waals surface area contributed by atoms with Gasteiger partial charge >= 0.3 is 0 Å². The Morgan fingerprint density at radius 3 is 2.44 bits per heavy atom. The Hall–Kier alpha value is -4.23. The molecule has 1 saturated carbocycles. The average molecular weight is 519 g/mol. The molecule has 2 aliphatic heterocycles. The Kier molecular flexibility index (Phi) is 5.63. The fourth-order valence-electron chi connectivity index (χ4n) is 5.72. The van der Waals surface area contributed by atoms with Gasteiger partial charge in [0.1, 0.15) is 18.0 Å². The lowest BCUT2D eigenvalue weighted by atomic mass is 9.84. The van der Waals surface area contributed by atoms with Crippen LogP contribution in [0.4, 0.5) is 5.82 Å². The van der Waals surface area contributed by atoms with Gasteiger partial charge in [0.2, 0.25) is 5.88 Å². The number of benzene rings is 2. The molecule has 2 bridgehead atoms. The van der Waals surface area contributed by atoms with Crippen LogP contribution in [-0.2, 0) is 11.3 Å². The van der Waals surface area contributed by atoms with Crippen molar-refractivity contribution in [1.82, 2.24) is 15.3 Å². The standard InChI is InChI=1S/C32H30N4O3/c1-17-11-28(33)36-18(2)27(17)15-35-32(37)21-6-9-24-26(13-21)31-23-8-5-20(12-25(23)30(24)39-31)22-7-10-29(34-14-22)38-16-19-3-4-19/h5-14,19,30-31H,3-4,15-16H2,1-2H3,(H2,33,36)(H,35,37). The molecule has 3 aliphatic rings. The minimum Gasteiger partial charge on any atom is -0.477 e. The Labute approximate surface area is 227 Å². The molecule has 4 heterocycles. The molecule has 1 fully saturated rings. The normalized spacial score (nSPS) is 18.5. The zero-order valence-electron chi connectivity index (χ0n) is 22.0. The van der Waals surface area contributed by atoms with Crippen molar-refractivity contribution in [1.29, 1.82) is 0 Å². The van der Waals surface area contributed by atoms with Gasteiger partial charge in [-0.2, -0.15) is 0 Å². The summed E-state index contributed by atoms with van der Waals surface area (Å²) in [5, 5.41) is 3.04. The topological polar surface area (TPSA) is 99.4 Å². The fraction of sp³-hybridized carbons (Fsp3) is 0.281. The first kappa shape index (κ1) is 23.9. The van der Waals surface area contributed by atoms with E-state index in [-0.39, 0.29) is 18.1 Å². The molecule has 196 valence electrons. The molecule has 1 aliphatic carbocycles. The molecule has 2 aromatic carbocycles. The SMILES string of the molecule is Cc1cc(N)nc(C)c1CNC(=O)c1ccc2c(c1)C1OC2c2cc(-c3ccc(OCC4CC4)nc3)ccc21. The van der Waals surface area contributed by atoms with Gasteiger partial charge in [-0.15, -0.1) is 0 Å². The van der Waals surface area contributed by atoms with Crippen molar-refractivity contribution in [2.24, 2.45) is 5.92 Å². The van der Waals surface area contributed by atoms with Crippen LogP contribution in [-0.4, -0.2) is 22.5 Å². The first-order valence-electron chi connectivity index (χ1n) is 13.5. The average Bonchev–Trinajstić information content (AvgIpc) is 3.60. The molecule has 0 spiro atoms. The molecule has 2 aromatic heterocycles. The van der Waals surface area contributed by atoms with E-state index in [0.717, 1.165) is 51.2 Å². The Morgan fingerprint density at radius 2 is 1.72 bits per heavy atom. The summed E-state index contributed by atoms with van der Waals surface area (Å²) in [6, 6.07) is 18.2. The van der Waals surface area contributed by atoms with Gasteiger partial charge in [-0.25, -0.2) is 9.97 Å². The number of hydrogen-bond acceptors (Lipinski definition) is 6. The monoisotopic (exact) mass is 518 g/mol. The number of nitrogens with zero attached hydrogens (tertiary/aromatic N) is 2. The molecule has 7 rings (SSSR count). The second kappa shape index (κ2) is 9.20. The van der Waals surface area contributed by atoms with E-state index in [1.807, 2.05) is 50.4 Å². The maximum Gasteiger partial charge on any atom is 0.251 e. The van der Waals surface area contributed by atoms with E-state index in [1.165, 1.54) is 18.4 Å². The van der Waals surface area contributed by atoms with Crippen molar-refractivity contribution >= 4 is 11.7 Å². The predicted molar refractivity (Wildman–Crippen MR) is 148 cm³/mol. The van der Waals surface area contributed by atoms with E-state index in [0.29, 0.717) is 29.7 Å². The molecular weight excluding hydrogens is 488 g/mol. The number of aromatic nitrogens is 2. The second-order valence-electron chi connectivity index (χ2n) is 10.8. The van der Waals surface area contributed by atoms with Crippen molar-refractivity contribution in [3.8, 4) is 17.0 Å². The van der Waals surface area contributed by atoms with E-state index < -0.39 is 0 Å². The van der Waals surface area contributed by atoms with E-state index >= 15 is 0 Å². The number of fused-ring (bicyclic) bond motifs is 8. The van der Waals surface area contributed by atoms with Crippen LogP contribution < -0.4 is 15.8 Å². The van der Waals surface area contributed by atoms with E-state index in [4.69, 9.17) is 15.2 Å². The summed E-state index contributed by atoms with van der Waals surface area (Å²) in [4.78, 5) is 21.9. The highest BCUT2D eigenvalue weighted by molar-refractivity contribution is 5.94. The van der Waals surface area contributed by atoms with Crippen LogP contribution in [0.3, 0.4) is 0 Å². The first-order chi connectivity index (χ1) is 18.9. The van der Waals surface area contributed by atoms with Crippen LogP contribution in [0.25, 0.3) is 11.1 Å². The lowest BCUT2D eigenvalue weighted by Gasteiger charge is -2.18. The highest BCUT2D eigenvalue weighted by atomic mass is 16.5. The highest BCUT2D eigenvalue weighted by Gasteiger charge is 2.43. The molecular formula is C32H30N4O3. The van der Waals surface area contributed by atoms with Crippen molar-refractivity contribution in [3.05, 3.63) is 105 Å². The zero-order valence-corrected chi connectivity index (χ0v) is 22.0. The number of pyridine rings is 2. The fourth-order valence-corrected chi connectivity index (χ4v) is 5.72. The summed E-state index contributed by atoms with van der Waals surface area (Å²) in [6.45, 7) is 5.05. The van der Waals surface area contributed by atoms with Gasteiger partial charge in [-0.1, -0.05) is 18.2 Å². The third kappa shape index (κ3) is 4.33. The smallest absolute Gasteiger partial charge is 0.251 e. The number of anilines is 1. The van der Waals surface area contributed by atoms with Gasteiger partial charge in [0.25, 0.3) is 5.91 Å². The number of ether oxygens (including phenoxy) is 2. The van der Waals surface area contributed by atoms with Crippen LogP contribution in [0.1, 0.15) is 74.5 Å². The minimum absolute atomic E-state index is 0.121. The van der Waals surface area contributed by atoms with Gasteiger partial charge in [0, 0.05) is 35.6 Å². The van der Waals surface area contributed by atoms with Gasteiger partial charge in [0.05, 0.1) is 6.61 Å². The Morgan fingerprint density at radius 1 is 0.974 bits per heavy atom. The maximum absolute atomic E-state index is 13.1. The first-order valence-corrected chi connectivity index (χ1v) is 13.5. The molecule has 0 radical (unpaired) electrons. The van der Waals surface area contributed by atoms with Crippen LogP contribution in [0.2, 0.25) is 0 Å². The van der Waals surface area contributed by atoms with Gasteiger partial charge in [-0.05, 0) is 102 Å². The molecule has 39 heavy (non-hydrogen) atoms. The third-order valence-corrected chi connectivity index (χ3v) is 8.07. The number of nitrogens with two attached hydrogens (primary N) is 1. The summed E-state index contributed by atoms with van der Waals surface area (Å²) in [5.74, 6) is 1.75. The van der Waals surface area contributed by atoms with Crippen LogP contribution in [0.5, 0.6) is 5.88 Å². The maximum atomic E-state index is 13.1. The Balaban J connectivity index is 1.08. The molecule has 7 heteroatoms. The quantitative estimate of drug-likeness (QED) is 0.331. The number of amides is 1. The van der Waals surface area contributed by atoms with Crippen LogP contribution in [0, 0.1) is 19.8 Å². The summed E-state index contributed by atoms with van der Waals surface area (Å²) < 4.78 is 12.2. The minimum atomic E-state index is -0.163. The van der Waals surface area contributed by atoms with E-state index in [2.05, 4.69) is 39.6 Å². The molecule has 2 unspecified atom stereocenters. The number of carbonyl (C=O) groups excluding carboxylic acids is 1. The molecule has 0 saturated heterocycles. The van der Waals surface area contributed by atoms with Crippen molar-refractivity contribution in [3.63, 3.8) is 0 Å². The lowest BCUT2D eigenvalue weighted by Crippen LogP contribution is -2.24. The van der Waals surface area contributed by atoms with Gasteiger partial charge in [0.15, 0.2) is 0 Å². The largest absolute Gasteiger partial charge is 0.477 e. The molecule has 4 aromatic rings. The number of carbonyl (C=O) groups is 1. The van der Waals surface area contributed by atoms with Crippen LogP contribution >= 0.6 is 0 Å². The number of nitrogen functional groups attached to an aromatic ring is 1. The lowest BCUT2D eigenvalue weighted by molar-refractivity contribution is 0.0857. The number of hydrogen-bond donors (Lipinski definition) is 2. The summed E-state index contributed by atoms with van der Waals surface area (Å²) in [7, 11) is 0. The number of rotatable bonds is 7. The summed E-state index contributed by atoms with van der Waals surface area (Å²) in [5.41, 5.74) is 16.0. The van der Waals surface area contributed by atoms with Crippen molar-refractivity contribution < 1.29 is 14.3 Å². The summed E-state index contributed by atoms with van der Waals surface area (Å²) in [6.07, 6.45) is 4.11. The summed E-state index contributed by atoms with van der Waals surface area (Å²) >= 11 is 0. The molecule has 7 nitrogen and oxygen atoms in total. The number of aryl methyl sites for hydroxylation is 2. The highest BCUT2D eigenvalue weighted by Crippen LogP contribution is 2.54. The second-order valence-corrected chi connectivity index (χ2v) is 10.8.